The number of aryl methyl sites for hydroxylation is 1. The van der Waals surface area contributed by atoms with Crippen molar-refractivity contribution in [2.45, 2.75) is 19.0 Å². The Bertz CT molecular complexity index is 524. The highest BCUT2D eigenvalue weighted by Crippen LogP contribution is 2.19. The van der Waals surface area contributed by atoms with Gasteiger partial charge in [0.15, 0.2) is 5.75 Å². The molecule has 1 fully saturated rings. The second-order valence-corrected chi connectivity index (χ2v) is 4.51. The molecule has 19 heavy (non-hydrogen) atoms. The van der Waals surface area contributed by atoms with Gasteiger partial charge in [-0.2, -0.15) is 5.10 Å². The molecule has 1 aliphatic heterocycles. The Kier molecular flexibility index (Phi) is 4.68. The quantitative estimate of drug-likeness (QED) is 0.864. The Morgan fingerprint density at radius 3 is 2.89 bits per heavy atom. The van der Waals surface area contributed by atoms with Gasteiger partial charge in [-0.3, -0.25) is 9.62 Å². The van der Waals surface area contributed by atoms with E-state index in [4.69, 9.17) is 0 Å². The first-order chi connectivity index (χ1) is 9.20. The van der Waals surface area contributed by atoms with Gasteiger partial charge in [-0.05, 0) is 37.6 Å². The number of halogens is 2. The van der Waals surface area contributed by atoms with Crippen molar-refractivity contribution in [3.8, 4) is 5.75 Å². The molecular weight excluding hydrogens is 252 g/mol. The van der Waals surface area contributed by atoms with Crippen LogP contribution in [-0.4, -0.2) is 29.0 Å². The van der Waals surface area contributed by atoms with Crippen molar-refractivity contribution in [3.63, 3.8) is 0 Å². The number of nitrogens with zero attached hydrogens (tertiary/aromatic N) is 2. The third-order valence-electron chi connectivity index (χ3n) is 3.04. The summed E-state index contributed by atoms with van der Waals surface area (Å²) in [5, 5.41) is 7.84. The van der Waals surface area contributed by atoms with Crippen LogP contribution in [0.4, 0.5) is 8.92 Å². The fraction of sp³-hybridized carbons (Fsp3) is 0.462. The highest BCUT2D eigenvalue weighted by Gasteiger charge is 2.08. The van der Waals surface area contributed by atoms with Crippen LogP contribution in [0.2, 0.25) is 0 Å². The van der Waals surface area contributed by atoms with Gasteiger partial charge in [0, 0.05) is 23.5 Å². The van der Waals surface area contributed by atoms with Crippen molar-refractivity contribution in [2.75, 3.05) is 13.1 Å². The molecule has 104 valence electrons. The lowest BCUT2D eigenvalue weighted by Gasteiger charge is -2.14. The van der Waals surface area contributed by atoms with Crippen molar-refractivity contribution in [1.29, 1.82) is 0 Å². The standard InChI is InChI=1S/C8H7FN2O.C5H10FN/c1-11-8-3-2-7(12-9)4-6(8)5-10-11;6-5-2-1-3-7-4-5/h2-5H,1H3;5,7H,1-4H2/t;5-/m.1/s1. The van der Waals surface area contributed by atoms with Crippen molar-refractivity contribution < 1.29 is 13.9 Å². The summed E-state index contributed by atoms with van der Waals surface area (Å²) in [7, 11) is 1.83. The summed E-state index contributed by atoms with van der Waals surface area (Å²) in [6.45, 7) is 1.57. The number of benzene rings is 1. The summed E-state index contributed by atoms with van der Waals surface area (Å²) in [5.41, 5.74) is 0.954. The predicted molar refractivity (Wildman–Crippen MR) is 69.4 cm³/mol. The molecule has 0 radical (unpaired) electrons. The van der Waals surface area contributed by atoms with Crippen molar-refractivity contribution >= 4 is 10.9 Å². The molecule has 1 aliphatic rings. The van der Waals surface area contributed by atoms with Gasteiger partial charge < -0.3 is 5.32 Å². The van der Waals surface area contributed by atoms with Crippen LogP contribution in [0, 0.1) is 0 Å². The third-order valence-corrected chi connectivity index (χ3v) is 3.04. The average Bonchev–Trinajstić information content (AvgIpc) is 2.81. The molecule has 4 nitrogen and oxygen atoms in total. The number of nitrogens with one attached hydrogen (secondary N) is 1. The lowest BCUT2D eigenvalue weighted by molar-refractivity contribution is -0.00603. The molecule has 0 spiro atoms. The number of rotatable bonds is 1. The van der Waals surface area contributed by atoms with E-state index in [0.29, 0.717) is 6.54 Å². The zero-order chi connectivity index (χ0) is 13.7. The van der Waals surface area contributed by atoms with Crippen molar-refractivity contribution in [1.82, 2.24) is 15.1 Å². The number of aromatic nitrogens is 2. The van der Waals surface area contributed by atoms with Crippen LogP contribution in [-0.2, 0) is 7.05 Å². The van der Waals surface area contributed by atoms with Crippen LogP contribution in [0.1, 0.15) is 12.8 Å². The Labute approximate surface area is 110 Å². The van der Waals surface area contributed by atoms with E-state index in [0.717, 1.165) is 30.3 Å². The largest absolute Gasteiger partial charge is 0.314 e. The normalized spacial score (nSPS) is 18.8. The maximum Gasteiger partial charge on any atom is 0.172 e. The maximum atomic E-state index is 12.1. The van der Waals surface area contributed by atoms with Gasteiger partial charge in [-0.25, -0.2) is 4.39 Å². The van der Waals surface area contributed by atoms with Crippen LogP contribution < -0.4 is 10.3 Å². The minimum atomic E-state index is -0.575. The van der Waals surface area contributed by atoms with E-state index in [2.05, 4.69) is 15.4 Å². The summed E-state index contributed by atoms with van der Waals surface area (Å²) in [5.74, 6) is 0.204. The molecule has 0 bridgehead atoms. The van der Waals surface area contributed by atoms with E-state index in [9.17, 15) is 8.92 Å². The van der Waals surface area contributed by atoms with Gasteiger partial charge in [0.2, 0.25) is 0 Å². The fourth-order valence-corrected chi connectivity index (χ4v) is 2.00. The average molecular weight is 269 g/mol. The van der Waals surface area contributed by atoms with E-state index in [-0.39, 0.29) is 5.75 Å². The molecule has 0 amide bonds. The summed E-state index contributed by atoms with van der Waals surface area (Å²) < 4.78 is 25.6. The van der Waals surface area contributed by atoms with Crippen LogP contribution in [0.5, 0.6) is 5.75 Å². The molecule has 0 aliphatic carbocycles. The second-order valence-electron chi connectivity index (χ2n) is 4.51. The third kappa shape index (κ3) is 3.64. The molecule has 0 unspecified atom stereocenters. The first-order valence-corrected chi connectivity index (χ1v) is 6.26. The Morgan fingerprint density at radius 1 is 1.47 bits per heavy atom. The van der Waals surface area contributed by atoms with Gasteiger partial charge >= 0.3 is 0 Å². The Balaban J connectivity index is 0.000000163. The predicted octanol–water partition coefficient (Wildman–Crippen LogP) is 2.54. The van der Waals surface area contributed by atoms with Crippen LogP contribution in [0.3, 0.4) is 0 Å². The zero-order valence-electron chi connectivity index (χ0n) is 10.8. The SMILES string of the molecule is Cn1ncc2cc(OF)ccc21.F[C@@H]1CCCNC1. The minimum Gasteiger partial charge on any atom is -0.314 e. The molecule has 1 aromatic carbocycles. The fourth-order valence-electron chi connectivity index (χ4n) is 2.00. The summed E-state index contributed by atoms with van der Waals surface area (Å²) >= 11 is 0. The molecule has 2 heterocycles. The molecule has 1 N–H and O–H groups in total. The summed E-state index contributed by atoms with van der Waals surface area (Å²) in [6.07, 6.45) is 2.85. The highest BCUT2D eigenvalue weighted by atomic mass is 19.3. The van der Waals surface area contributed by atoms with Crippen LogP contribution in [0.15, 0.2) is 24.4 Å². The van der Waals surface area contributed by atoms with Gasteiger partial charge in [0.25, 0.3) is 0 Å². The van der Waals surface area contributed by atoms with E-state index in [1.54, 1.807) is 29.1 Å². The Hall–Kier alpha value is -1.69. The molecule has 1 atom stereocenters. The number of hydrogen-bond acceptors (Lipinski definition) is 3. The molecule has 6 heteroatoms. The molecule has 1 aromatic heterocycles. The summed E-state index contributed by atoms with van der Waals surface area (Å²) in [4.78, 5) is 3.59. The summed E-state index contributed by atoms with van der Waals surface area (Å²) in [6, 6.07) is 4.92. The monoisotopic (exact) mass is 269 g/mol. The first kappa shape index (κ1) is 13.7. The van der Waals surface area contributed by atoms with Gasteiger partial charge in [0.05, 0.1) is 11.7 Å². The smallest absolute Gasteiger partial charge is 0.172 e. The van der Waals surface area contributed by atoms with Crippen molar-refractivity contribution in [2.24, 2.45) is 7.05 Å². The number of fused-ring (bicyclic) bond motifs is 1. The van der Waals surface area contributed by atoms with Crippen molar-refractivity contribution in [3.05, 3.63) is 24.4 Å². The van der Waals surface area contributed by atoms with Crippen LogP contribution >= 0.6 is 0 Å². The molecular formula is C13H17F2N3O. The van der Waals surface area contributed by atoms with Gasteiger partial charge in [-0.1, -0.05) is 0 Å². The molecule has 3 rings (SSSR count). The molecule has 0 saturated carbocycles. The van der Waals surface area contributed by atoms with Gasteiger partial charge in [0.1, 0.15) is 6.17 Å². The van der Waals surface area contributed by atoms with E-state index in [1.807, 2.05) is 7.05 Å². The molecule has 2 aromatic rings. The highest BCUT2D eigenvalue weighted by molar-refractivity contribution is 5.79. The first-order valence-electron chi connectivity index (χ1n) is 6.26. The van der Waals surface area contributed by atoms with E-state index in [1.165, 1.54) is 0 Å². The molecule has 1 saturated heterocycles. The minimum absolute atomic E-state index is 0.204. The lowest BCUT2D eigenvalue weighted by atomic mass is 10.1. The van der Waals surface area contributed by atoms with Gasteiger partial charge in [-0.15, -0.1) is 0 Å². The van der Waals surface area contributed by atoms with Crippen LogP contribution in [0.25, 0.3) is 10.9 Å². The second kappa shape index (κ2) is 6.47. The van der Waals surface area contributed by atoms with E-state index >= 15 is 0 Å². The number of hydrogen-bond donors (Lipinski definition) is 1. The zero-order valence-corrected chi connectivity index (χ0v) is 10.8. The topological polar surface area (TPSA) is 39.1 Å². The number of alkyl halides is 1. The Morgan fingerprint density at radius 2 is 2.32 bits per heavy atom. The van der Waals surface area contributed by atoms with E-state index < -0.39 is 6.17 Å². The maximum absolute atomic E-state index is 12.1. The number of piperidine rings is 1. The lowest BCUT2D eigenvalue weighted by Crippen LogP contribution is -2.30.